The van der Waals surface area contributed by atoms with Crippen molar-refractivity contribution >= 4 is 16.2 Å². The lowest BCUT2D eigenvalue weighted by atomic mass is 9.77. The van der Waals surface area contributed by atoms with Crippen LogP contribution in [0.25, 0.3) is 0 Å². The fraction of sp³-hybridized carbons (Fsp3) is 0.571. The van der Waals surface area contributed by atoms with E-state index in [2.05, 4.69) is 4.98 Å². The molecule has 2 rings (SSSR count). The minimum Gasteiger partial charge on any atom is -0.312 e. The average Bonchev–Trinajstić information content (AvgIpc) is 2.48. The summed E-state index contributed by atoms with van der Waals surface area (Å²) in [5, 5.41) is 7.75. The number of nitrogens with one attached hydrogen (secondary N) is 1. The van der Waals surface area contributed by atoms with Crippen molar-refractivity contribution in [2.75, 3.05) is 18.8 Å². The molecule has 5 nitrogen and oxygen atoms in total. The number of rotatable bonds is 5. The van der Waals surface area contributed by atoms with Crippen molar-refractivity contribution in [2.24, 2.45) is 0 Å². The molecule has 110 valence electrons. The smallest absolute Gasteiger partial charge is 0.214 e. The van der Waals surface area contributed by atoms with Crippen molar-refractivity contribution in [3.05, 3.63) is 30.1 Å². The molecule has 2 heterocycles. The molecule has 0 radical (unpaired) electrons. The Bertz CT molecular complexity index is 549. The quantitative estimate of drug-likeness (QED) is 0.842. The van der Waals surface area contributed by atoms with Crippen molar-refractivity contribution in [3.63, 3.8) is 0 Å². The number of pyridine rings is 1. The second-order valence-corrected chi connectivity index (χ2v) is 7.32. The van der Waals surface area contributed by atoms with Gasteiger partial charge in [-0.15, -0.1) is 0 Å². The molecule has 0 atom stereocenters. The number of aromatic nitrogens is 1. The van der Waals surface area contributed by atoms with Crippen molar-refractivity contribution < 1.29 is 8.42 Å². The van der Waals surface area contributed by atoms with Crippen LogP contribution in [0.1, 0.15) is 31.9 Å². The Morgan fingerprint density at radius 2 is 2.10 bits per heavy atom. The summed E-state index contributed by atoms with van der Waals surface area (Å²) in [6, 6.07) is 5.68. The van der Waals surface area contributed by atoms with Gasteiger partial charge in [0.05, 0.1) is 11.4 Å². The summed E-state index contributed by atoms with van der Waals surface area (Å²) in [7, 11) is -3.14. The van der Waals surface area contributed by atoms with E-state index in [4.69, 9.17) is 5.41 Å². The summed E-state index contributed by atoms with van der Waals surface area (Å²) < 4.78 is 25.7. The van der Waals surface area contributed by atoms with E-state index >= 15 is 0 Å². The first kappa shape index (κ1) is 15.1. The maximum absolute atomic E-state index is 12.1. The highest BCUT2D eigenvalue weighted by Gasteiger charge is 2.38. The van der Waals surface area contributed by atoms with Gasteiger partial charge in [-0.05, 0) is 31.4 Å². The number of piperidine rings is 1. The second-order valence-electron chi connectivity index (χ2n) is 5.23. The lowest BCUT2D eigenvalue weighted by Gasteiger charge is -2.38. The molecular weight excluding hydrogens is 274 g/mol. The van der Waals surface area contributed by atoms with E-state index in [0.717, 1.165) is 5.69 Å². The van der Waals surface area contributed by atoms with E-state index in [0.29, 0.717) is 32.4 Å². The number of sulfonamides is 1. The zero-order valence-corrected chi connectivity index (χ0v) is 12.6. The van der Waals surface area contributed by atoms with Gasteiger partial charge in [-0.25, -0.2) is 12.7 Å². The first-order chi connectivity index (χ1) is 9.54. The Balaban J connectivity index is 2.15. The number of nitrogens with zero attached hydrogens (tertiary/aromatic N) is 2. The van der Waals surface area contributed by atoms with Crippen LogP contribution < -0.4 is 0 Å². The van der Waals surface area contributed by atoms with E-state index in [1.165, 1.54) is 6.21 Å². The highest BCUT2D eigenvalue weighted by molar-refractivity contribution is 7.89. The van der Waals surface area contributed by atoms with Crippen LogP contribution in [-0.4, -0.2) is 42.8 Å². The maximum Gasteiger partial charge on any atom is 0.214 e. The molecule has 1 saturated heterocycles. The SMILES string of the molecule is CCCS(=O)(=O)N1CCC(C=N)(c2ccccn2)CC1. The van der Waals surface area contributed by atoms with Gasteiger partial charge in [-0.3, -0.25) is 4.98 Å². The molecule has 1 N–H and O–H groups in total. The molecule has 0 bridgehead atoms. The van der Waals surface area contributed by atoms with Gasteiger partial charge in [-0.2, -0.15) is 0 Å². The fourth-order valence-corrected chi connectivity index (χ4v) is 4.20. The third-order valence-corrected chi connectivity index (χ3v) is 6.00. The van der Waals surface area contributed by atoms with E-state index in [-0.39, 0.29) is 5.75 Å². The Morgan fingerprint density at radius 1 is 1.40 bits per heavy atom. The zero-order chi connectivity index (χ0) is 14.6. The summed E-state index contributed by atoms with van der Waals surface area (Å²) in [4.78, 5) is 4.35. The lowest BCUT2D eigenvalue weighted by Crippen LogP contribution is -2.46. The normalized spacial score (nSPS) is 19.6. The molecule has 0 saturated carbocycles. The molecule has 20 heavy (non-hydrogen) atoms. The fourth-order valence-electron chi connectivity index (χ4n) is 2.68. The first-order valence-corrected chi connectivity index (χ1v) is 8.56. The third-order valence-electron chi connectivity index (χ3n) is 3.92. The van der Waals surface area contributed by atoms with Gasteiger partial charge >= 0.3 is 0 Å². The minimum absolute atomic E-state index is 0.203. The van der Waals surface area contributed by atoms with Crippen LogP contribution in [0.4, 0.5) is 0 Å². The van der Waals surface area contributed by atoms with E-state index in [1.807, 2.05) is 25.1 Å². The summed E-state index contributed by atoms with van der Waals surface area (Å²) in [5.74, 6) is 0.203. The molecular formula is C14H21N3O2S. The molecule has 1 aliphatic heterocycles. The minimum atomic E-state index is -3.14. The molecule has 0 aliphatic carbocycles. The van der Waals surface area contributed by atoms with Crippen molar-refractivity contribution in [1.29, 1.82) is 5.41 Å². The van der Waals surface area contributed by atoms with Crippen molar-refractivity contribution in [3.8, 4) is 0 Å². The Kier molecular flexibility index (Phi) is 4.55. The van der Waals surface area contributed by atoms with Gasteiger partial charge in [0.1, 0.15) is 0 Å². The van der Waals surface area contributed by atoms with Gasteiger partial charge in [0.25, 0.3) is 0 Å². The van der Waals surface area contributed by atoms with Crippen LogP contribution in [-0.2, 0) is 15.4 Å². The Morgan fingerprint density at radius 3 is 2.60 bits per heavy atom. The molecule has 1 aliphatic rings. The van der Waals surface area contributed by atoms with Gasteiger partial charge in [0, 0.05) is 30.9 Å². The van der Waals surface area contributed by atoms with Crippen LogP contribution in [0, 0.1) is 5.41 Å². The topological polar surface area (TPSA) is 74.1 Å². The third kappa shape index (κ3) is 2.91. The van der Waals surface area contributed by atoms with Gasteiger partial charge in [0.15, 0.2) is 0 Å². The standard InChI is InChI=1S/C14H21N3O2S/c1-2-11-20(18,19)17-9-6-14(12-15,7-10-17)13-5-3-4-8-16-13/h3-5,8,12,15H,2,6-7,9-11H2,1H3. The summed E-state index contributed by atoms with van der Waals surface area (Å²) >= 11 is 0. The average molecular weight is 295 g/mol. The van der Waals surface area contributed by atoms with Gasteiger partial charge < -0.3 is 5.41 Å². The van der Waals surface area contributed by atoms with Crippen LogP contribution in [0.5, 0.6) is 0 Å². The van der Waals surface area contributed by atoms with Crippen LogP contribution in [0.2, 0.25) is 0 Å². The first-order valence-electron chi connectivity index (χ1n) is 6.95. The zero-order valence-electron chi connectivity index (χ0n) is 11.7. The van der Waals surface area contributed by atoms with E-state index in [9.17, 15) is 8.42 Å². The van der Waals surface area contributed by atoms with E-state index in [1.54, 1.807) is 10.5 Å². The Hall–Kier alpha value is -1.27. The molecule has 0 aromatic carbocycles. The molecule has 0 amide bonds. The lowest BCUT2D eigenvalue weighted by molar-refractivity contribution is 0.284. The molecule has 6 heteroatoms. The predicted octanol–water partition coefficient (Wildman–Crippen LogP) is 1.80. The molecule has 1 fully saturated rings. The van der Waals surface area contributed by atoms with Crippen LogP contribution in [0.15, 0.2) is 24.4 Å². The monoisotopic (exact) mass is 295 g/mol. The van der Waals surface area contributed by atoms with Crippen LogP contribution >= 0.6 is 0 Å². The highest BCUT2D eigenvalue weighted by atomic mass is 32.2. The second kappa shape index (κ2) is 6.01. The summed E-state index contributed by atoms with van der Waals surface area (Å²) in [5.41, 5.74) is 0.446. The number of hydrogen-bond donors (Lipinski definition) is 1. The Labute approximate surface area is 120 Å². The van der Waals surface area contributed by atoms with Gasteiger partial charge in [-0.1, -0.05) is 13.0 Å². The highest BCUT2D eigenvalue weighted by Crippen LogP contribution is 2.33. The molecule has 1 aromatic rings. The van der Waals surface area contributed by atoms with Crippen molar-refractivity contribution in [1.82, 2.24) is 9.29 Å². The summed E-state index contributed by atoms with van der Waals surface area (Å²) in [6.45, 7) is 2.81. The van der Waals surface area contributed by atoms with Crippen LogP contribution in [0.3, 0.4) is 0 Å². The van der Waals surface area contributed by atoms with Gasteiger partial charge in [0.2, 0.25) is 10.0 Å². The molecule has 0 unspecified atom stereocenters. The van der Waals surface area contributed by atoms with E-state index < -0.39 is 15.4 Å². The maximum atomic E-state index is 12.1. The largest absolute Gasteiger partial charge is 0.312 e. The van der Waals surface area contributed by atoms with Crippen molar-refractivity contribution in [2.45, 2.75) is 31.6 Å². The molecule has 1 aromatic heterocycles. The number of hydrogen-bond acceptors (Lipinski definition) is 4. The summed E-state index contributed by atoms with van der Waals surface area (Å²) in [6.07, 6.45) is 5.03. The molecule has 0 spiro atoms. The predicted molar refractivity (Wildman–Crippen MR) is 79.6 cm³/mol.